The molecule has 18 heavy (non-hydrogen) atoms. The molecule has 6 nitrogen and oxygen atoms in total. The molecule has 0 aliphatic carbocycles. The molecule has 3 heterocycles. The second-order valence-corrected chi connectivity index (χ2v) is 4.56. The number of nitrogens with one attached hydrogen (secondary N) is 1. The van der Waals surface area contributed by atoms with Crippen LogP contribution in [0.25, 0.3) is 11.5 Å². The Bertz CT molecular complexity index is 553. The van der Waals surface area contributed by atoms with Crippen molar-refractivity contribution in [3.63, 3.8) is 0 Å². The number of hydrogen-bond donors (Lipinski definition) is 2. The lowest BCUT2D eigenvalue weighted by Crippen LogP contribution is -2.22. The molecule has 0 bridgehead atoms. The van der Waals surface area contributed by atoms with Crippen molar-refractivity contribution in [2.75, 3.05) is 18.0 Å². The molecule has 3 rings (SSSR count). The number of aliphatic hydroxyl groups excluding tert-OH is 1. The fourth-order valence-electron chi connectivity index (χ4n) is 2.13. The molecule has 0 amide bonds. The molecule has 94 valence electrons. The van der Waals surface area contributed by atoms with Crippen LogP contribution in [0.1, 0.15) is 12.1 Å². The number of aromatic amines is 1. The van der Waals surface area contributed by atoms with E-state index in [1.54, 1.807) is 6.20 Å². The Morgan fingerprint density at radius 2 is 2.39 bits per heavy atom. The Kier molecular flexibility index (Phi) is 2.71. The van der Waals surface area contributed by atoms with Crippen molar-refractivity contribution in [3.8, 4) is 11.5 Å². The fourth-order valence-corrected chi connectivity index (χ4v) is 2.13. The summed E-state index contributed by atoms with van der Waals surface area (Å²) in [7, 11) is 0. The molecule has 0 spiro atoms. The van der Waals surface area contributed by atoms with E-state index in [9.17, 15) is 5.11 Å². The Balaban J connectivity index is 1.89. The maximum atomic E-state index is 9.55. The molecule has 1 saturated heterocycles. The minimum absolute atomic E-state index is 0.254. The van der Waals surface area contributed by atoms with Gasteiger partial charge in [0.25, 0.3) is 0 Å². The first-order valence-electron chi connectivity index (χ1n) is 6.01. The zero-order valence-electron chi connectivity index (χ0n) is 10.2. The number of hydrogen-bond acceptors (Lipinski definition) is 5. The number of aromatic nitrogens is 4. The summed E-state index contributed by atoms with van der Waals surface area (Å²) in [4.78, 5) is 10.8. The standard InChI is InChI=1S/C12H15N5O/c1-8-6-10(16-15-8)12-13-4-2-11(14-12)17-5-3-9(18)7-17/h2,4,6,9,18H,3,5,7H2,1H3,(H,15,16). The van der Waals surface area contributed by atoms with Crippen LogP contribution in [-0.4, -0.2) is 44.5 Å². The van der Waals surface area contributed by atoms with Crippen LogP contribution in [0.3, 0.4) is 0 Å². The first-order valence-corrected chi connectivity index (χ1v) is 6.01. The van der Waals surface area contributed by atoms with E-state index in [-0.39, 0.29) is 6.10 Å². The normalized spacial score (nSPS) is 19.4. The second-order valence-electron chi connectivity index (χ2n) is 4.56. The second kappa shape index (κ2) is 4.38. The third-order valence-electron chi connectivity index (χ3n) is 3.06. The van der Waals surface area contributed by atoms with E-state index in [2.05, 4.69) is 25.1 Å². The number of H-pyrrole nitrogens is 1. The molecule has 0 radical (unpaired) electrons. The summed E-state index contributed by atoms with van der Waals surface area (Å²) in [5.74, 6) is 1.45. The van der Waals surface area contributed by atoms with E-state index in [0.717, 1.165) is 30.2 Å². The number of aliphatic hydroxyl groups is 1. The van der Waals surface area contributed by atoms with E-state index in [0.29, 0.717) is 12.4 Å². The smallest absolute Gasteiger partial charge is 0.182 e. The van der Waals surface area contributed by atoms with Crippen molar-refractivity contribution in [1.82, 2.24) is 20.2 Å². The number of aryl methyl sites for hydroxylation is 1. The maximum Gasteiger partial charge on any atom is 0.182 e. The Morgan fingerprint density at radius 3 is 3.06 bits per heavy atom. The summed E-state index contributed by atoms with van der Waals surface area (Å²) >= 11 is 0. The Morgan fingerprint density at radius 1 is 1.50 bits per heavy atom. The molecule has 1 fully saturated rings. The molecule has 2 aromatic heterocycles. The zero-order chi connectivity index (χ0) is 12.5. The molecule has 0 aromatic carbocycles. The van der Waals surface area contributed by atoms with Crippen LogP contribution < -0.4 is 4.90 Å². The van der Waals surface area contributed by atoms with Gasteiger partial charge in [0.05, 0.1) is 6.10 Å². The first-order chi connectivity index (χ1) is 8.72. The van der Waals surface area contributed by atoms with Gasteiger partial charge in [-0.3, -0.25) is 5.10 Å². The first kappa shape index (κ1) is 11.2. The van der Waals surface area contributed by atoms with Gasteiger partial charge in [-0.1, -0.05) is 0 Å². The monoisotopic (exact) mass is 245 g/mol. The molecular formula is C12H15N5O. The third-order valence-corrected chi connectivity index (χ3v) is 3.06. The molecule has 2 aromatic rings. The van der Waals surface area contributed by atoms with Gasteiger partial charge in [0.1, 0.15) is 11.5 Å². The lowest BCUT2D eigenvalue weighted by atomic mass is 10.3. The van der Waals surface area contributed by atoms with Gasteiger partial charge >= 0.3 is 0 Å². The van der Waals surface area contributed by atoms with Crippen molar-refractivity contribution in [2.45, 2.75) is 19.4 Å². The lowest BCUT2D eigenvalue weighted by Gasteiger charge is -2.16. The highest BCUT2D eigenvalue weighted by Crippen LogP contribution is 2.20. The molecule has 1 unspecified atom stereocenters. The van der Waals surface area contributed by atoms with Gasteiger partial charge < -0.3 is 10.0 Å². The van der Waals surface area contributed by atoms with Crippen molar-refractivity contribution < 1.29 is 5.11 Å². The van der Waals surface area contributed by atoms with E-state index in [4.69, 9.17) is 0 Å². The third kappa shape index (κ3) is 2.06. The van der Waals surface area contributed by atoms with Crippen molar-refractivity contribution in [3.05, 3.63) is 24.0 Å². The fraction of sp³-hybridized carbons (Fsp3) is 0.417. The highest BCUT2D eigenvalue weighted by Gasteiger charge is 2.21. The Labute approximate surface area is 105 Å². The summed E-state index contributed by atoms with van der Waals surface area (Å²) in [5.41, 5.74) is 1.73. The predicted octanol–water partition coefficient (Wildman–Crippen LogP) is 0.746. The van der Waals surface area contributed by atoms with Crippen LogP contribution in [0.5, 0.6) is 0 Å². The minimum Gasteiger partial charge on any atom is -0.391 e. The summed E-state index contributed by atoms with van der Waals surface area (Å²) in [5, 5.41) is 16.6. The van der Waals surface area contributed by atoms with Crippen molar-refractivity contribution in [2.24, 2.45) is 0 Å². The van der Waals surface area contributed by atoms with Gasteiger partial charge in [0.15, 0.2) is 5.82 Å². The van der Waals surface area contributed by atoms with Crippen molar-refractivity contribution >= 4 is 5.82 Å². The predicted molar refractivity (Wildman–Crippen MR) is 67.2 cm³/mol. The summed E-state index contributed by atoms with van der Waals surface area (Å²) in [6.45, 7) is 3.41. The van der Waals surface area contributed by atoms with E-state index >= 15 is 0 Å². The summed E-state index contributed by atoms with van der Waals surface area (Å²) in [6.07, 6.45) is 2.27. The molecule has 1 aliphatic rings. The molecule has 1 atom stereocenters. The molecule has 2 N–H and O–H groups in total. The number of anilines is 1. The lowest BCUT2D eigenvalue weighted by molar-refractivity contribution is 0.198. The Hall–Kier alpha value is -1.95. The van der Waals surface area contributed by atoms with Gasteiger partial charge in [-0.25, -0.2) is 9.97 Å². The van der Waals surface area contributed by atoms with Gasteiger partial charge in [0, 0.05) is 25.0 Å². The quantitative estimate of drug-likeness (QED) is 0.816. The molecular weight excluding hydrogens is 230 g/mol. The SMILES string of the molecule is Cc1cc(-c2nccc(N3CCC(O)C3)n2)n[nH]1. The summed E-state index contributed by atoms with van der Waals surface area (Å²) in [6, 6.07) is 3.78. The average molecular weight is 245 g/mol. The van der Waals surface area contributed by atoms with Gasteiger partial charge in [-0.15, -0.1) is 0 Å². The van der Waals surface area contributed by atoms with Gasteiger partial charge in [-0.2, -0.15) is 5.10 Å². The average Bonchev–Trinajstić information content (AvgIpc) is 2.98. The van der Waals surface area contributed by atoms with Crippen LogP contribution in [0.2, 0.25) is 0 Å². The topological polar surface area (TPSA) is 77.9 Å². The largest absolute Gasteiger partial charge is 0.391 e. The molecule has 6 heteroatoms. The molecule has 1 aliphatic heterocycles. The number of nitrogens with zero attached hydrogens (tertiary/aromatic N) is 4. The van der Waals surface area contributed by atoms with E-state index in [1.165, 1.54) is 0 Å². The van der Waals surface area contributed by atoms with Crippen LogP contribution in [-0.2, 0) is 0 Å². The van der Waals surface area contributed by atoms with Crippen LogP contribution in [0.4, 0.5) is 5.82 Å². The highest BCUT2D eigenvalue weighted by molar-refractivity contribution is 5.53. The van der Waals surface area contributed by atoms with Gasteiger partial charge in [0.2, 0.25) is 0 Å². The maximum absolute atomic E-state index is 9.55. The van der Waals surface area contributed by atoms with Gasteiger partial charge in [-0.05, 0) is 25.5 Å². The van der Waals surface area contributed by atoms with Crippen molar-refractivity contribution in [1.29, 1.82) is 0 Å². The van der Waals surface area contributed by atoms with Crippen LogP contribution in [0.15, 0.2) is 18.3 Å². The summed E-state index contributed by atoms with van der Waals surface area (Å²) < 4.78 is 0. The number of β-amino-alcohol motifs (C(OH)–C–C–N with tert-alkyl or cyclic N) is 1. The van der Waals surface area contributed by atoms with E-state index in [1.807, 2.05) is 19.1 Å². The molecule has 0 saturated carbocycles. The highest BCUT2D eigenvalue weighted by atomic mass is 16.3. The minimum atomic E-state index is -0.254. The van der Waals surface area contributed by atoms with Crippen LogP contribution in [0, 0.1) is 6.92 Å². The van der Waals surface area contributed by atoms with Crippen LogP contribution >= 0.6 is 0 Å². The number of rotatable bonds is 2. The van der Waals surface area contributed by atoms with E-state index < -0.39 is 0 Å². The zero-order valence-corrected chi connectivity index (χ0v) is 10.2.